The molecule has 2 heterocycles. The first-order chi connectivity index (χ1) is 13.0. The minimum absolute atomic E-state index is 0.280. The summed E-state index contributed by atoms with van der Waals surface area (Å²) in [5.41, 5.74) is 3.90. The van der Waals surface area contributed by atoms with Gasteiger partial charge in [-0.05, 0) is 76.0 Å². The van der Waals surface area contributed by atoms with Crippen molar-refractivity contribution in [1.82, 2.24) is 14.7 Å². The molecular weight excluding hydrogens is 338 g/mol. The van der Waals surface area contributed by atoms with Gasteiger partial charge < -0.3 is 14.7 Å². The van der Waals surface area contributed by atoms with Gasteiger partial charge in [-0.1, -0.05) is 6.07 Å². The highest BCUT2D eigenvalue weighted by Crippen LogP contribution is 2.26. The van der Waals surface area contributed by atoms with Crippen LogP contribution in [0.1, 0.15) is 36.0 Å². The summed E-state index contributed by atoms with van der Waals surface area (Å²) < 4.78 is 5.46. The second-order valence-electron chi connectivity index (χ2n) is 8.42. The minimum atomic E-state index is 0.280. The maximum atomic E-state index is 9.62. The molecule has 5 heteroatoms. The zero-order chi connectivity index (χ0) is 19.4. The second kappa shape index (κ2) is 9.37. The number of likely N-dealkylation sites (tertiary alicyclic amines) is 1. The smallest absolute Gasteiger partial charge is 0.122 e. The molecule has 0 aromatic heterocycles. The lowest BCUT2D eigenvalue weighted by Crippen LogP contribution is -2.58. The summed E-state index contributed by atoms with van der Waals surface area (Å²) in [6.45, 7) is 11.2. The summed E-state index contributed by atoms with van der Waals surface area (Å²) in [6.07, 6.45) is 3.40. The van der Waals surface area contributed by atoms with Crippen LogP contribution in [0.5, 0.6) is 5.75 Å². The van der Waals surface area contributed by atoms with E-state index in [0.29, 0.717) is 12.1 Å². The Kier molecular flexibility index (Phi) is 7.15. The van der Waals surface area contributed by atoms with Gasteiger partial charge in [-0.25, -0.2) is 0 Å². The van der Waals surface area contributed by atoms with Gasteiger partial charge in [0.2, 0.25) is 0 Å². The van der Waals surface area contributed by atoms with Gasteiger partial charge in [-0.3, -0.25) is 9.80 Å². The number of methoxy groups -OCH3 is 1. The molecule has 27 heavy (non-hydrogen) atoms. The number of piperazine rings is 1. The highest BCUT2D eigenvalue weighted by Gasteiger charge is 2.33. The van der Waals surface area contributed by atoms with Gasteiger partial charge in [0.05, 0.1) is 7.11 Å². The number of hydrogen-bond acceptors (Lipinski definition) is 5. The lowest BCUT2D eigenvalue weighted by Gasteiger charge is -2.47. The highest BCUT2D eigenvalue weighted by molar-refractivity contribution is 5.41. The van der Waals surface area contributed by atoms with Crippen LogP contribution in [0, 0.1) is 13.8 Å². The highest BCUT2D eigenvalue weighted by atomic mass is 16.5. The van der Waals surface area contributed by atoms with Crippen molar-refractivity contribution in [2.24, 2.45) is 0 Å². The van der Waals surface area contributed by atoms with Crippen molar-refractivity contribution in [2.45, 2.75) is 51.7 Å². The first-order valence-electron chi connectivity index (χ1n) is 10.4. The van der Waals surface area contributed by atoms with Gasteiger partial charge in [0.1, 0.15) is 5.75 Å². The Bertz CT molecular complexity index is 614. The van der Waals surface area contributed by atoms with E-state index in [4.69, 9.17) is 4.74 Å². The van der Waals surface area contributed by atoms with Crippen LogP contribution in [0.25, 0.3) is 0 Å². The largest absolute Gasteiger partial charge is 0.496 e. The maximum Gasteiger partial charge on any atom is 0.122 e. The van der Waals surface area contributed by atoms with Crippen LogP contribution in [0.4, 0.5) is 0 Å². The molecule has 152 valence electrons. The number of nitrogens with zero attached hydrogens (tertiary/aromatic N) is 3. The van der Waals surface area contributed by atoms with Gasteiger partial charge in [0, 0.05) is 44.9 Å². The maximum absolute atomic E-state index is 9.62. The summed E-state index contributed by atoms with van der Waals surface area (Å²) in [7, 11) is 3.96. The fourth-order valence-corrected chi connectivity index (χ4v) is 4.77. The Morgan fingerprint density at radius 1 is 1.07 bits per heavy atom. The quantitative estimate of drug-likeness (QED) is 0.826. The van der Waals surface area contributed by atoms with Gasteiger partial charge in [0.25, 0.3) is 0 Å². The van der Waals surface area contributed by atoms with Crippen LogP contribution < -0.4 is 4.74 Å². The Hall–Kier alpha value is -1.14. The first kappa shape index (κ1) is 20.6. The lowest BCUT2D eigenvalue weighted by molar-refractivity contribution is 0.00594. The predicted octanol–water partition coefficient (Wildman–Crippen LogP) is 2.27. The molecule has 2 fully saturated rings. The van der Waals surface area contributed by atoms with Crippen LogP contribution in [0.3, 0.4) is 0 Å². The third-order valence-corrected chi connectivity index (χ3v) is 6.48. The molecule has 1 atom stereocenters. The number of piperidine rings is 1. The number of rotatable bonds is 6. The zero-order valence-corrected chi connectivity index (χ0v) is 17.6. The number of hydrogen-bond donors (Lipinski definition) is 1. The molecular formula is C22H37N3O2. The van der Waals surface area contributed by atoms with Crippen LogP contribution in [-0.4, -0.2) is 85.4 Å². The van der Waals surface area contributed by atoms with E-state index in [2.05, 4.69) is 47.7 Å². The van der Waals surface area contributed by atoms with E-state index in [1.807, 2.05) is 0 Å². The van der Waals surface area contributed by atoms with Gasteiger partial charge >= 0.3 is 0 Å². The van der Waals surface area contributed by atoms with E-state index in [1.54, 1.807) is 7.11 Å². The second-order valence-corrected chi connectivity index (χ2v) is 8.42. The van der Waals surface area contributed by atoms with Crippen LogP contribution in [-0.2, 0) is 6.54 Å². The molecule has 0 amide bonds. The number of aliphatic hydroxyl groups is 1. The molecule has 0 unspecified atom stereocenters. The van der Waals surface area contributed by atoms with Gasteiger partial charge in [-0.2, -0.15) is 0 Å². The SMILES string of the molecule is COc1cc(C)c(CN2CCN(C3CCN(C)CC3)[C@H](CCO)C2)cc1C. The van der Waals surface area contributed by atoms with Crippen molar-refractivity contribution in [3.05, 3.63) is 28.8 Å². The summed E-state index contributed by atoms with van der Waals surface area (Å²) >= 11 is 0. The standard InChI is InChI=1S/C22H37N3O2/c1-17-14-22(27-4)18(2)13-19(17)15-24-10-11-25(21(16-24)7-12-26)20-5-8-23(3)9-6-20/h13-14,20-21,26H,5-12,15-16H2,1-4H3/t21-/m1/s1. The van der Waals surface area contributed by atoms with Crippen LogP contribution in [0.2, 0.25) is 0 Å². The van der Waals surface area contributed by atoms with Crippen molar-refractivity contribution in [2.75, 3.05) is 53.5 Å². The molecule has 2 aliphatic rings. The summed E-state index contributed by atoms with van der Waals surface area (Å²) in [5.74, 6) is 0.974. The summed E-state index contributed by atoms with van der Waals surface area (Å²) in [6, 6.07) is 5.59. The molecule has 0 radical (unpaired) electrons. The van der Waals surface area contributed by atoms with E-state index in [9.17, 15) is 5.11 Å². The average molecular weight is 376 g/mol. The third kappa shape index (κ3) is 5.02. The number of aliphatic hydroxyl groups excluding tert-OH is 1. The molecule has 0 spiro atoms. The molecule has 0 aliphatic carbocycles. The van der Waals surface area contributed by atoms with E-state index in [0.717, 1.165) is 38.3 Å². The monoisotopic (exact) mass is 375 g/mol. The fraction of sp³-hybridized carbons (Fsp3) is 0.727. The Balaban J connectivity index is 1.65. The number of ether oxygens (including phenoxy) is 1. The molecule has 0 bridgehead atoms. The predicted molar refractivity (Wildman–Crippen MR) is 110 cm³/mol. The summed E-state index contributed by atoms with van der Waals surface area (Å²) in [5, 5.41) is 9.62. The Morgan fingerprint density at radius 3 is 2.48 bits per heavy atom. The number of benzene rings is 1. The zero-order valence-electron chi connectivity index (χ0n) is 17.6. The third-order valence-electron chi connectivity index (χ3n) is 6.48. The van der Waals surface area contributed by atoms with Crippen molar-refractivity contribution in [3.63, 3.8) is 0 Å². The molecule has 1 N–H and O–H groups in total. The van der Waals surface area contributed by atoms with Crippen molar-refractivity contribution in [1.29, 1.82) is 0 Å². The Morgan fingerprint density at radius 2 is 1.81 bits per heavy atom. The molecule has 1 aromatic carbocycles. The Labute approximate surface area is 164 Å². The van der Waals surface area contributed by atoms with E-state index in [-0.39, 0.29) is 6.61 Å². The van der Waals surface area contributed by atoms with E-state index >= 15 is 0 Å². The average Bonchev–Trinajstić information content (AvgIpc) is 2.66. The molecule has 3 rings (SSSR count). The van der Waals surface area contributed by atoms with E-state index < -0.39 is 0 Å². The number of aryl methyl sites for hydroxylation is 2. The molecule has 2 aliphatic heterocycles. The van der Waals surface area contributed by atoms with Crippen LogP contribution >= 0.6 is 0 Å². The normalized spacial score (nSPS) is 23.7. The summed E-state index contributed by atoms with van der Waals surface area (Å²) in [4.78, 5) is 7.70. The molecule has 5 nitrogen and oxygen atoms in total. The minimum Gasteiger partial charge on any atom is -0.496 e. The lowest BCUT2D eigenvalue weighted by atomic mass is 9.97. The first-order valence-corrected chi connectivity index (χ1v) is 10.4. The van der Waals surface area contributed by atoms with Crippen molar-refractivity contribution >= 4 is 0 Å². The topological polar surface area (TPSA) is 39.2 Å². The van der Waals surface area contributed by atoms with Crippen LogP contribution in [0.15, 0.2) is 12.1 Å². The van der Waals surface area contributed by atoms with Gasteiger partial charge in [-0.15, -0.1) is 0 Å². The fourth-order valence-electron chi connectivity index (χ4n) is 4.77. The molecule has 1 aromatic rings. The molecule has 2 saturated heterocycles. The van der Waals surface area contributed by atoms with Crippen molar-refractivity contribution < 1.29 is 9.84 Å². The van der Waals surface area contributed by atoms with E-state index in [1.165, 1.54) is 42.6 Å². The van der Waals surface area contributed by atoms with Crippen molar-refractivity contribution in [3.8, 4) is 5.75 Å². The van der Waals surface area contributed by atoms with Gasteiger partial charge in [0.15, 0.2) is 0 Å². The molecule has 0 saturated carbocycles.